The lowest BCUT2D eigenvalue weighted by atomic mass is 10.1. The Hall–Kier alpha value is -4.43. The molecule has 0 aliphatic rings. The molecule has 0 aliphatic heterocycles. The van der Waals surface area contributed by atoms with Crippen molar-refractivity contribution in [2.75, 3.05) is 16.2 Å². The molecule has 4 rings (SSSR count). The predicted octanol–water partition coefficient (Wildman–Crippen LogP) is 5.63. The molecule has 0 fully saturated rings. The molecule has 0 saturated heterocycles. The van der Waals surface area contributed by atoms with Crippen molar-refractivity contribution in [1.82, 2.24) is 5.32 Å². The normalized spacial score (nSPS) is 11.9. The highest BCUT2D eigenvalue weighted by atomic mass is 32.2. The quantitative estimate of drug-likeness (QED) is 0.287. The summed E-state index contributed by atoms with van der Waals surface area (Å²) in [5.74, 6) is -0.933. The van der Waals surface area contributed by atoms with Crippen LogP contribution in [0.15, 0.2) is 108 Å². The summed E-state index contributed by atoms with van der Waals surface area (Å²) in [4.78, 5) is 26.5. The van der Waals surface area contributed by atoms with Crippen LogP contribution >= 0.6 is 0 Å². The van der Waals surface area contributed by atoms with Gasteiger partial charge >= 0.3 is 0 Å². The molecule has 4 aromatic rings. The first-order chi connectivity index (χ1) is 18.7. The first-order valence-electron chi connectivity index (χ1n) is 12.6. The van der Waals surface area contributed by atoms with Crippen LogP contribution in [0.2, 0.25) is 0 Å². The van der Waals surface area contributed by atoms with Gasteiger partial charge in [-0.05, 0) is 67.8 Å². The fourth-order valence-corrected chi connectivity index (χ4v) is 5.72. The van der Waals surface area contributed by atoms with Crippen LogP contribution in [0, 0.1) is 13.8 Å². The van der Waals surface area contributed by atoms with Crippen molar-refractivity contribution in [3.05, 3.63) is 125 Å². The molecule has 39 heavy (non-hydrogen) atoms. The zero-order chi connectivity index (χ0) is 28.0. The summed E-state index contributed by atoms with van der Waals surface area (Å²) in [5.41, 5.74) is 3.50. The topological polar surface area (TPSA) is 95.6 Å². The van der Waals surface area contributed by atoms with Gasteiger partial charge in [-0.3, -0.25) is 13.9 Å². The zero-order valence-electron chi connectivity index (χ0n) is 22.1. The monoisotopic (exact) mass is 541 g/mol. The molecule has 2 amide bonds. The number of sulfonamides is 1. The van der Waals surface area contributed by atoms with Crippen molar-refractivity contribution < 1.29 is 18.0 Å². The van der Waals surface area contributed by atoms with Gasteiger partial charge in [0.25, 0.3) is 15.9 Å². The van der Waals surface area contributed by atoms with Crippen molar-refractivity contribution in [3.63, 3.8) is 0 Å². The van der Waals surface area contributed by atoms with Crippen LogP contribution in [0.3, 0.4) is 0 Å². The summed E-state index contributed by atoms with van der Waals surface area (Å²) in [6.45, 7) is 5.07. The molecule has 0 saturated carbocycles. The molecule has 0 bridgehead atoms. The summed E-state index contributed by atoms with van der Waals surface area (Å²) < 4.78 is 28.5. The average molecular weight is 542 g/mol. The van der Waals surface area contributed by atoms with Crippen molar-refractivity contribution >= 4 is 33.2 Å². The van der Waals surface area contributed by atoms with Crippen LogP contribution in [0.5, 0.6) is 0 Å². The highest BCUT2D eigenvalue weighted by Crippen LogP contribution is 2.28. The highest BCUT2D eigenvalue weighted by molar-refractivity contribution is 7.92. The lowest BCUT2D eigenvalue weighted by Gasteiger charge is -2.26. The number of nitrogens with one attached hydrogen (secondary N) is 2. The van der Waals surface area contributed by atoms with Crippen molar-refractivity contribution in [2.45, 2.75) is 31.7 Å². The van der Waals surface area contributed by atoms with Crippen molar-refractivity contribution in [3.8, 4) is 0 Å². The van der Waals surface area contributed by atoms with Gasteiger partial charge in [0.15, 0.2) is 0 Å². The minimum absolute atomic E-state index is 0.0772. The molecule has 8 heteroatoms. The molecule has 0 aliphatic carbocycles. The van der Waals surface area contributed by atoms with Gasteiger partial charge in [0.1, 0.15) is 6.54 Å². The van der Waals surface area contributed by atoms with Gasteiger partial charge in [0, 0.05) is 0 Å². The SMILES string of the molecule is Cc1ccc(C)c(N(CC(=O)Nc2ccccc2C(=O)N[C@@H](C)c2ccccc2)S(=O)(=O)c2ccccc2)c1. The number of nitrogens with zero attached hydrogens (tertiary/aromatic N) is 1. The van der Waals surface area contributed by atoms with Gasteiger partial charge in [-0.15, -0.1) is 0 Å². The number of hydrogen-bond donors (Lipinski definition) is 2. The highest BCUT2D eigenvalue weighted by Gasteiger charge is 2.29. The first-order valence-corrected chi connectivity index (χ1v) is 14.0. The van der Waals surface area contributed by atoms with Gasteiger partial charge in [-0.1, -0.05) is 72.8 Å². The van der Waals surface area contributed by atoms with E-state index < -0.39 is 22.5 Å². The molecule has 1 atom stereocenters. The Kier molecular flexibility index (Phi) is 8.46. The number of carbonyl (C=O) groups is 2. The smallest absolute Gasteiger partial charge is 0.264 e. The molecule has 2 N–H and O–H groups in total. The summed E-state index contributed by atoms with van der Waals surface area (Å²) in [6, 6.07) is 29.4. The number of hydrogen-bond acceptors (Lipinski definition) is 4. The molecular formula is C31H31N3O4S. The van der Waals surface area contributed by atoms with E-state index in [1.54, 1.807) is 55.5 Å². The zero-order valence-corrected chi connectivity index (χ0v) is 22.9. The van der Waals surface area contributed by atoms with Gasteiger partial charge < -0.3 is 10.6 Å². The van der Waals surface area contributed by atoms with Crippen LogP contribution in [-0.2, 0) is 14.8 Å². The summed E-state index contributed by atoms with van der Waals surface area (Å²) in [6.07, 6.45) is 0. The maximum atomic E-state index is 13.7. The Morgan fingerprint density at radius 2 is 1.44 bits per heavy atom. The average Bonchev–Trinajstić information content (AvgIpc) is 2.94. The number of benzene rings is 4. The molecule has 0 aromatic heterocycles. The molecule has 0 spiro atoms. The Bertz CT molecular complexity index is 1570. The minimum Gasteiger partial charge on any atom is -0.345 e. The second-order valence-electron chi connectivity index (χ2n) is 9.31. The van der Waals surface area contributed by atoms with E-state index >= 15 is 0 Å². The molecular weight excluding hydrogens is 510 g/mol. The van der Waals surface area contributed by atoms with E-state index in [9.17, 15) is 18.0 Å². The van der Waals surface area contributed by atoms with Crippen LogP contribution in [0.25, 0.3) is 0 Å². The van der Waals surface area contributed by atoms with E-state index in [0.717, 1.165) is 15.4 Å². The second kappa shape index (κ2) is 12.0. The Balaban J connectivity index is 1.60. The molecule has 0 radical (unpaired) electrons. The molecule has 4 aromatic carbocycles. The van der Waals surface area contributed by atoms with E-state index in [4.69, 9.17) is 0 Å². The van der Waals surface area contributed by atoms with E-state index in [2.05, 4.69) is 10.6 Å². The number of aryl methyl sites for hydroxylation is 2. The lowest BCUT2D eigenvalue weighted by Crippen LogP contribution is -2.39. The summed E-state index contributed by atoms with van der Waals surface area (Å²) >= 11 is 0. The van der Waals surface area contributed by atoms with Crippen LogP contribution in [0.4, 0.5) is 11.4 Å². The van der Waals surface area contributed by atoms with E-state index in [0.29, 0.717) is 16.9 Å². The molecule has 7 nitrogen and oxygen atoms in total. The number of carbonyl (C=O) groups excluding carboxylic acids is 2. The summed E-state index contributed by atoms with van der Waals surface area (Å²) in [7, 11) is -4.06. The second-order valence-corrected chi connectivity index (χ2v) is 11.2. The molecule has 200 valence electrons. The van der Waals surface area contributed by atoms with Gasteiger partial charge in [-0.25, -0.2) is 8.42 Å². The first kappa shape index (κ1) is 27.6. The Morgan fingerprint density at radius 1 is 0.821 bits per heavy atom. The molecule has 0 heterocycles. The van der Waals surface area contributed by atoms with Gasteiger partial charge in [0.2, 0.25) is 5.91 Å². The van der Waals surface area contributed by atoms with Crippen molar-refractivity contribution in [1.29, 1.82) is 0 Å². The van der Waals surface area contributed by atoms with Gasteiger partial charge in [0.05, 0.1) is 27.9 Å². The third kappa shape index (κ3) is 6.53. The van der Waals surface area contributed by atoms with Crippen LogP contribution in [-0.4, -0.2) is 26.8 Å². The Morgan fingerprint density at radius 3 is 2.13 bits per heavy atom. The van der Waals surface area contributed by atoms with E-state index in [1.165, 1.54) is 12.1 Å². The number of rotatable bonds is 9. The van der Waals surface area contributed by atoms with Crippen LogP contribution < -0.4 is 14.9 Å². The number of para-hydroxylation sites is 1. The number of anilines is 2. The predicted molar refractivity (Wildman–Crippen MR) is 154 cm³/mol. The van der Waals surface area contributed by atoms with Crippen LogP contribution in [0.1, 0.15) is 40.0 Å². The largest absolute Gasteiger partial charge is 0.345 e. The van der Waals surface area contributed by atoms with E-state index in [1.807, 2.05) is 56.3 Å². The van der Waals surface area contributed by atoms with Crippen molar-refractivity contribution in [2.24, 2.45) is 0 Å². The fraction of sp³-hybridized carbons (Fsp3) is 0.161. The maximum absolute atomic E-state index is 13.7. The lowest BCUT2D eigenvalue weighted by molar-refractivity contribution is -0.114. The summed E-state index contributed by atoms with van der Waals surface area (Å²) in [5, 5.41) is 5.71. The third-order valence-electron chi connectivity index (χ3n) is 6.34. The standard InChI is InChI=1S/C31H31N3O4S/c1-22-18-19-23(2)29(20-22)34(39(37,38)26-14-8-5-9-15-26)21-30(35)33-28-17-11-10-16-27(28)31(36)32-24(3)25-12-6-4-7-13-25/h4-20,24H,21H2,1-3H3,(H,32,36)(H,33,35)/t24-/m0/s1. The third-order valence-corrected chi connectivity index (χ3v) is 8.12. The maximum Gasteiger partial charge on any atom is 0.264 e. The minimum atomic E-state index is -4.06. The molecule has 0 unspecified atom stereocenters. The van der Waals surface area contributed by atoms with Gasteiger partial charge in [-0.2, -0.15) is 0 Å². The van der Waals surface area contributed by atoms with E-state index in [-0.39, 0.29) is 22.4 Å². The fourth-order valence-electron chi connectivity index (χ4n) is 4.22. The Labute approximate surface area is 229 Å². The number of amides is 2.